The number of fused-ring (bicyclic) bond motifs is 6. The second-order valence-electron chi connectivity index (χ2n) is 6.40. The van der Waals surface area contributed by atoms with E-state index in [2.05, 4.69) is 14.2 Å². The Balaban J connectivity index is 0.00000141. The zero-order valence-electron chi connectivity index (χ0n) is 16.5. The molecule has 6 bridgehead atoms. The van der Waals surface area contributed by atoms with Gasteiger partial charge in [0.25, 0.3) is 30.1 Å². The molecule has 1 aliphatic rings. The quantitative estimate of drug-likeness (QED) is 0.370. The summed E-state index contributed by atoms with van der Waals surface area (Å²) in [6.45, 7) is 0. The van der Waals surface area contributed by atoms with Gasteiger partial charge >= 0.3 is 0 Å². The highest BCUT2D eigenvalue weighted by atomic mass is 32.2. The van der Waals surface area contributed by atoms with Crippen molar-refractivity contribution in [3.8, 4) is 0 Å². The molecule has 0 atom stereocenters. The molecular weight excluding hydrogens is 478 g/mol. The first-order chi connectivity index (χ1) is 15.1. The smallest absolute Gasteiger partial charge is 0.261 e. The van der Waals surface area contributed by atoms with Crippen LogP contribution in [0.25, 0.3) is 0 Å². The van der Waals surface area contributed by atoms with Gasteiger partial charge in [0.15, 0.2) is 0 Å². The molecule has 0 aliphatic carbocycles. The van der Waals surface area contributed by atoms with Crippen molar-refractivity contribution in [3.63, 3.8) is 0 Å². The monoisotopic (exact) mass is 497 g/mol. The van der Waals surface area contributed by atoms with E-state index in [1.807, 2.05) is 0 Å². The first kappa shape index (κ1) is 23.5. The lowest BCUT2D eigenvalue weighted by molar-refractivity contribution is 0.399. The molecule has 4 rings (SSSR count). The molecule has 170 valence electrons. The lowest BCUT2D eigenvalue weighted by Crippen LogP contribution is -2.15. The zero-order chi connectivity index (χ0) is 23.6. The number of aliphatic hydroxyl groups is 1. The number of sulfonamides is 3. The van der Waals surface area contributed by atoms with E-state index < -0.39 is 30.1 Å². The highest BCUT2D eigenvalue weighted by Gasteiger charge is 2.22. The van der Waals surface area contributed by atoms with Crippen molar-refractivity contribution >= 4 is 47.1 Å². The van der Waals surface area contributed by atoms with Crippen molar-refractivity contribution in [1.29, 1.82) is 0 Å². The van der Waals surface area contributed by atoms with E-state index in [0.717, 1.165) is 7.11 Å². The van der Waals surface area contributed by atoms with Gasteiger partial charge < -0.3 is 5.11 Å². The van der Waals surface area contributed by atoms with E-state index in [1.165, 1.54) is 72.8 Å². The Morgan fingerprint density at radius 1 is 0.500 bits per heavy atom. The third-order valence-electron chi connectivity index (χ3n) is 4.19. The van der Waals surface area contributed by atoms with Gasteiger partial charge in [-0.1, -0.05) is 18.2 Å². The van der Waals surface area contributed by atoms with Crippen LogP contribution in [0, 0.1) is 0 Å². The summed E-state index contributed by atoms with van der Waals surface area (Å²) in [4.78, 5) is -0.590. The molecule has 3 aromatic rings. The molecular formula is C19H19N3O7S3. The molecule has 13 heteroatoms. The summed E-state index contributed by atoms with van der Waals surface area (Å²) in [7, 11) is -11.3. The van der Waals surface area contributed by atoms with Crippen molar-refractivity contribution in [2.45, 2.75) is 14.7 Å². The summed E-state index contributed by atoms with van der Waals surface area (Å²) >= 11 is 0. The second kappa shape index (κ2) is 8.78. The predicted molar refractivity (Wildman–Crippen MR) is 120 cm³/mol. The molecule has 0 saturated carbocycles. The fourth-order valence-corrected chi connectivity index (χ4v) is 6.11. The van der Waals surface area contributed by atoms with Gasteiger partial charge in [0.05, 0.1) is 31.7 Å². The molecule has 4 N–H and O–H groups in total. The Hall–Kier alpha value is -3.13. The van der Waals surface area contributed by atoms with Gasteiger partial charge in [0, 0.05) is 7.11 Å². The molecule has 10 nitrogen and oxygen atoms in total. The number of anilines is 3. The van der Waals surface area contributed by atoms with E-state index in [0.29, 0.717) is 0 Å². The first-order valence-corrected chi connectivity index (χ1v) is 13.3. The lowest BCUT2D eigenvalue weighted by Gasteiger charge is -2.11. The van der Waals surface area contributed by atoms with Crippen molar-refractivity contribution < 1.29 is 30.4 Å². The van der Waals surface area contributed by atoms with Crippen molar-refractivity contribution in [1.82, 2.24) is 0 Å². The molecule has 0 fully saturated rings. The summed E-state index contributed by atoms with van der Waals surface area (Å²) in [5.74, 6) is 0. The van der Waals surface area contributed by atoms with Crippen molar-refractivity contribution in [2.24, 2.45) is 0 Å². The minimum Gasteiger partial charge on any atom is -0.400 e. The summed E-state index contributed by atoms with van der Waals surface area (Å²) in [5, 5.41) is 7.00. The Bertz CT molecular complexity index is 1290. The minimum absolute atomic E-state index is 0.0347. The van der Waals surface area contributed by atoms with Gasteiger partial charge in [-0.2, -0.15) is 0 Å². The predicted octanol–water partition coefficient (Wildman–Crippen LogP) is 2.01. The van der Waals surface area contributed by atoms with Gasteiger partial charge in [0.1, 0.15) is 0 Å². The normalized spacial score (nSPS) is 17.4. The van der Waals surface area contributed by atoms with Crippen LogP contribution < -0.4 is 14.2 Å². The third-order valence-corrected chi connectivity index (χ3v) is 8.33. The number of rotatable bonds is 0. The largest absolute Gasteiger partial charge is 0.400 e. The molecule has 1 heterocycles. The summed E-state index contributed by atoms with van der Waals surface area (Å²) in [5.41, 5.74) is 0.104. The SMILES string of the molecule is CO.O=S1(=O)Nc2cccc(c2)S(=O)(=O)Nc2cccc(c2)S(=O)(=O)Nc2cccc1c2. The maximum Gasteiger partial charge on any atom is 0.261 e. The summed E-state index contributed by atoms with van der Waals surface area (Å²) in [6.07, 6.45) is 0. The van der Waals surface area contributed by atoms with Crippen LogP contribution in [0.4, 0.5) is 17.1 Å². The van der Waals surface area contributed by atoms with E-state index in [1.54, 1.807) is 0 Å². The maximum atomic E-state index is 12.7. The van der Waals surface area contributed by atoms with Gasteiger partial charge in [-0.15, -0.1) is 0 Å². The average Bonchev–Trinajstić information content (AvgIpc) is 2.74. The standard InChI is InChI=1S/C18H15N3O6S3.CH4O/c22-28(23)16-7-1-4-13(10-16)19-29(24,25)17-8-3-6-15(12-17)21-30(26,27)18-9-2-5-14(11-18)20-28;1-2/h1-12,19-21H;2H,1H3. The molecule has 0 aromatic heterocycles. The van der Waals surface area contributed by atoms with Gasteiger partial charge in [-0.3, -0.25) is 14.2 Å². The molecule has 0 spiro atoms. The molecule has 1 aliphatic heterocycles. The highest BCUT2D eigenvalue weighted by Crippen LogP contribution is 2.26. The van der Waals surface area contributed by atoms with Crippen LogP contribution >= 0.6 is 0 Å². The second-order valence-corrected chi connectivity index (χ2v) is 11.4. The first-order valence-electron chi connectivity index (χ1n) is 8.89. The Morgan fingerprint density at radius 2 is 0.750 bits per heavy atom. The van der Waals surface area contributed by atoms with Crippen LogP contribution in [0.3, 0.4) is 0 Å². The van der Waals surface area contributed by atoms with Crippen LogP contribution in [0.2, 0.25) is 0 Å². The van der Waals surface area contributed by atoms with E-state index in [-0.39, 0.29) is 31.7 Å². The Kier molecular flexibility index (Phi) is 6.46. The van der Waals surface area contributed by atoms with Crippen LogP contribution in [-0.2, 0) is 30.1 Å². The number of aliphatic hydroxyl groups excluding tert-OH is 1. The summed E-state index contributed by atoms with van der Waals surface area (Å²) < 4.78 is 83.3. The van der Waals surface area contributed by atoms with Crippen LogP contribution in [0.5, 0.6) is 0 Å². The van der Waals surface area contributed by atoms with Crippen LogP contribution in [-0.4, -0.2) is 37.5 Å². The maximum absolute atomic E-state index is 12.7. The Labute approximate surface area is 186 Å². The summed E-state index contributed by atoms with van der Waals surface area (Å²) in [6, 6.07) is 15.8. The number of hydrogen-bond acceptors (Lipinski definition) is 7. The molecule has 3 aromatic carbocycles. The van der Waals surface area contributed by atoms with Crippen molar-refractivity contribution in [3.05, 3.63) is 72.8 Å². The zero-order valence-corrected chi connectivity index (χ0v) is 19.0. The van der Waals surface area contributed by atoms with E-state index in [9.17, 15) is 25.3 Å². The molecule has 0 unspecified atom stereocenters. The number of benzene rings is 3. The minimum atomic E-state index is -4.11. The third kappa shape index (κ3) is 5.02. The van der Waals surface area contributed by atoms with Crippen LogP contribution in [0.1, 0.15) is 0 Å². The number of hydrogen-bond donors (Lipinski definition) is 4. The van der Waals surface area contributed by atoms with Gasteiger partial charge in [-0.25, -0.2) is 25.3 Å². The molecule has 0 radical (unpaired) electrons. The number of nitrogens with one attached hydrogen (secondary N) is 3. The van der Waals surface area contributed by atoms with E-state index in [4.69, 9.17) is 5.11 Å². The topological polar surface area (TPSA) is 159 Å². The van der Waals surface area contributed by atoms with Crippen molar-refractivity contribution in [2.75, 3.05) is 21.3 Å². The highest BCUT2D eigenvalue weighted by molar-refractivity contribution is 7.93. The lowest BCUT2D eigenvalue weighted by atomic mass is 10.3. The molecule has 32 heavy (non-hydrogen) atoms. The van der Waals surface area contributed by atoms with Gasteiger partial charge in [0.2, 0.25) is 0 Å². The van der Waals surface area contributed by atoms with E-state index >= 15 is 0 Å². The Morgan fingerprint density at radius 3 is 1.00 bits per heavy atom. The molecule has 0 amide bonds. The average molecular weight is 498 g/mol. The fourth-order valence-electron chi connectivity index (χ4n) is 2.82. The van der Waals surface area contributed by atoms with Crippen LogP contribution in [0.15, 0.2) is 87.5 Å². The fraction of sp³-hybridized carbons (Fsp3) is 0.0526. The van der Waals surface area contributed by atoms with Gasteiger partial charge in [-0.05, 0) is 54.6 Å². The molecule has 0 saturated heterocycles.